The molecule has 138 valence electrons. The molecule has 1 fully saturated rings. The number of nitrogens with one attached hydrogen (secondary N) is 2. The van der Waals surface area contributed by atoms with Crippen LogP contribution in [0.1, 0.15) is 51.7 Å². The number of halogens is 1. The van der Waals surface area contributed by atoms with E-state index in [1.165, 1.54) is 11.1 Å². The van der Waals surface area contributed by atoms with Crippen molar-refractivity contribution in [2.45, 2.75) is 57.4 Å². The predicted molar refractivity (Wildman–Crippen MR) is 112 cm³/mol. The van der Waals surface area contributed by atoms with Gasteiger partial charge < -0.3 is 10.6 Å². The Labute approximate surface area is 164 Å². The van der Waals surface area contributed by atoms with Crippen molar-refractivity contribution in [3.8, 4) is 0 Å². The van der Waals surface area contributed by atoms with E-state index in [0.29, 0.717) is 0 Å². The van der Waals surface area contributed by atoms with Gasteiger partial charge in [0.05, 0.1) is 0 Å². The van der Waals surface area contributed by atoms with E-state index in [9.17, 15) is 4.79 Å². The van der Waals surface area contributed by atoms with E-state index in [-0.39, 0.29) is 22.9 Å². The topological polar surface area (TPSA) is 41.1 Å². The molecule has 0 radical (unpaired) electrons. The van der Waals surface area contributed by atoms with Crippen molar-refractivity contribution in [3.63, 3.8) is 0 Å². The molecule has 2 N–H and O–H groups in total. The third-order valence-corrected chi connectivity index (χ3v) is 5.92. The Hall–Kier alpha value is -1.81. The highest BCUT2D eigenvalue weighted by Gasteiger charge is 2.49. The van der Waals surface area contributed by atoms with E-state index in [1.54, 1.807) is 0 Å². The summed E-state index contributed by atoms with van der Waals surface area (Å²) < 4.78 is 1.08. The minimum atomic E-state index is -0.149. The van der Waals surface area contributed by atoms with Crippen LogP contribution in [0, 0.1) is 0 Å². The summed E-state index contributed by atoms with van der Waals surface area (Å²) in [5.41, 5.74) is 3.54. The SMILES string of the molecule is CC(NC(=O)Nc1ccc(C(C)(C)C)cc1)C1(c2ccc(Br)cc2)CC1. The summed E-state index contributed by atoms with van der Waals surface area (Å²) in [6.45, 7) is 8.64. The van der Waals surface area contributed by atoms with Crippen LogP contribution in [-0.4, -0.2) is 12.1 Å². The summed E-state index contributed by atoms with van der Waals surface area (Å²) in [7, 11) is 0. The number of amides is 2. The number of carbonyl (C=O) groups is 1. The van der Waals surface area contributed by atoms with Crippen LogP contribution < -0.4 is 10.6 Å². The molecule has 2 amide bonds. The third-order valence-electron chi connectivity index (χ3n) is 5.39. The molecule has 1 aliphatic carbocycles. The average Bonchev–Trinajstić information content (AvgIpc) is 3.37. The number of benzene rings is 2. The molecule has 26 heavy (non-hydrogen) atoms. The van der Waals surface area contributed by atoms with Crippen molar-refractivity contribution < 1.29 is 4.79 Å². The molecule has 0 saturated heterocycles. The van der Waals surface area contributed by atoms with E-state index in [0.717, 1.165) is 23.0 Å². The van der Waals surface area contributed by atoms with Gasteiger partial charge in [0.25, 0.3) is 0 Å². The van der Waals surface area contributed by atoms with Gasteiger partial charge in [0.1, 0.15) is 0 Å². The molecule has 1 saturated carbocycles. The Balaban J connectivity index is 1.62. The molecule has 1 aliphatic rings. The molecule has 0 aliphatic heterocycles. The predicted octanol–water partition coefficient (Wildman–Crippen LogP) is 5.99. The first kappa shape index (κ1) is 19.0. The lowest BCUT2D eigenvalue weighted by atomic mass is 9.87. The average molecular weight is 415 g/mol. The summed E-state index contributed by atoms with van der Waals surface area (Å²) in [6.07, 6.45) is 2.21. The van der Waals surface area contributed by atoms with Crippen LogP contribution in [0.3, 0.4) is 0 Å². The Bertz CT molecular complexity index is 771. The molecule has 3 rings (SSSR count). The van der Waals surface area contributed by atoms with Crippen molar-refractivity contribution in [3.05, 3.63) is 64.1 Å². The monoisotopic (exact) mass is 414 g/mol. The lowest BCUT2D eigenvalue weighted by molar-refractivity contribution is 0.246. The fourth-order valence-corrected chi connectivity index (χ4v) is 3.71. The summed E-state index contributed by atoms with van der Waals surface area (Å²) in [5, 5.41) is 6.08. The van der Waals surface area contributed by atoms with Gasteiger partial charge in [-0.15, -0.1) is 0 Å². The van der Waals surface area contributed by atoms with Crippen molar-refractivity contribution in [1.29, 1.82) is 0 Å². The first-order valence-electron chi connectivity index (χ1n) is 9.15. The van der Waals surface area contributed by atoms with Crippen molar-refractivity contribution in [2.24, 2.45) is 0 Å². The van der Waals surface area contributed by atoms with E-state index in [1.807, 2.05) is 12.1 Å². The standard InChI is InChI=1S/C22H27BrN2O/c1-15(22(13-14-22)17-5-9-18(23)10-6-17)24-20(26)25-19-11-7-16(8-12-19)21(2,3)4/h5-12,15H,13-14H2,1-4H3,(H2,24,25,26). The molecular weight excluding hydrogens is 388 g/mol. The Kier molecular flexibility index (Phi) is 5.16. The van der Waals surface area contributed by atoms with Gasteiger partial charge in [-0.05, 0) is 60.6 Å². The maximum absolute atomic E-state index is 12.4. The highest BCUT2D eigenvalue weighted by Crippen LogP contribution is 2.51. The second-order valence-corrected chi connectivity index (χ2v) is 9.23. The van der Waals surface area contributed by atoms with Crippen LogP contribution in [0.15, 0.2) is 53.0 Å². The maximum Gasteiger partial charge on any atom is 0.319 e. The fourth-order valence-electron chi connectivity index (χ4n) is 3.44. The molecule has 0 heterocycles. The van der Waals surface area contributed by atoms with Crippen LogP contribution >= 0.6 is 15.9 Å². The fraction of sp³-hybridized carbons (Fsp3) is 0.409. The molecular formula is C22H27BrN2O. The van der Waals surface area contributed by atoms with Crippen LogP contribution in [0.4, 0.5) is 10.5 Å². The summed E-state index contributed by atoms with van der Waals surface area (Å²) in [4.78, 5) is 12.4. The lowest BCUT2D eigenvalue weighted by Gasteiger charge is -2.25. The molecule has 0 spiro atoms. The highest BCUT2D eigenvalue weighted by atomic mass is 79.9. The minimum Gasteiger partial charge on any atom is -0.335 e. The molecule has 0 bridgehead atoms. The lowest BCUT2D eigenvalue weighted by Crippen LogP contribution is -2.43. The van der Waals surface area contributed by atoms with E-state index >= 15 is 0 Å². The largest absolute Gasteiger partial charge is 0.335 e. The van der Waals surface area contributed by atoms with Gasteiger partial charge in [0.2, 0.25) is 0 Å². The van der Waals surface area contributed by atoms with Crippen molar-refractivity contribution in [1.82, 2.24) is 5.32 Å². The highest BCUT2D eigenvalue weighted by molar-refractivity contribution is 9.10. The van der Waals surface area contributed by atoms with Crippen LogP contribution in [-0.2, 0) is 10.8 Å². The van der Waals surface area contributed by atoms with Gasteiger partial charge in [0, 0.05) is 21.6 Å². The summed E-state index contributed by atoms with van der Waals surface area (Å²) in [5.74, 6) is 0. The minimum absolute atomic E-state index is 0.0636. The first-order valence-corrected chi connectivity index (χ1v) is 9.94. The molecule has 1 unspecified atom stereocenters. The molecule has 2 aromatic rings. The summed E-state index contributed by atoms with van der Waals surface area (Å²) in [6, 6.07) is 16.4. The van der Waals surface area contributed by atoms with Crippen LogP contribution in [0.25, 0.3) is 0 Å². The van der Waals surface area contributed by atoms with Crippen LogP contribution in [0.2, 0.25) is 0 Å². The molecule has 3 nitrogen and oxygen atoms in total. The van der Waals surface area contributed by atoms with E-state index in [2.05, 4.69) is 90.7 Å². The zero-order valence-electron chi connectivity index (χ0n) is 15.9. The van der Waals surface area contributed by atoms with E-state index in [4.69, 9.17) is 0 Å². The van der Waals surface area contributed by atoms with Gasteiger partial charge in [-0.25, -0.2) is 4.79 Å². The molecule has 1 atom stereocenters. The number of hydrogen-bond donors (Lipinski definition) is 2. The smallest absolute Gasteiger partial charge is 0.319 e. The van der Waals surface area contributed by atoms with Crippen LogP contribution in [0.5, 0.6) is 0 Å². The summed E-state index contributed by atoms with van der Waals surface area (Å²) >= 11 is 3.48. The Morgan fingerprint density at radius 2 is 1.62 bits per heavy atom. The van der Waals surface area contributed by atoms with Gasteiger partial charge in [-0.1, -0.05) is 61.0 Å². The van der Waals surface area contributed by atoms with Crippen molar-refractivity contribution in [2.75, 3.05) is 5.32 Å². The zero-order valence-corrected chi connectivity index (χ0v) is 17.5. The Morgan fingerprint density at radius 3 is 2.12 bits per heavy atom. The number of rotatable bonds is 4. The molecule has 2 aromatic carbocycles. The van der Waals surface area contributed by atoms with Gasteiger partial charge in [0.15, 0.2) is 0 Å². The Morgan fingerprint density at radius 1 is 1.04 bits per heavy atom. The second-order valence-electron chi connectivity index (χ2n) is 8.31. The van der Waals surface area contributed by atoms with Crippen molar-refractivity contribution >= 4 is 27.6 Å². The zero-order chi connectivity index (χ0) is 18.9. The third kappa shape index (κ3) is 4.12. The first-order chi connectivity index (χ1) is 12.2. The number of carbonyl (C=O) groups excluding carboxylic acids is 1. The van der Waals surface area contributed by atoms with Gasteiger partial charge in [-0.2, -0.15) is 0 Å². The molecule has 0 aromatic heterocycles. The van der Waals surface area contributed by atoms with Gasteiger partial charge >= 0.3 is 6.03 Å². The number of anilines is 1. The molecule has 4 heteroatoms. The normalized spacial score (nSPS) is 16.7. The van der Waals surface area contributed by atoms with E-state index < -0.39 is 0 Å². The number of urea groups is 1. The second kappa shape index (κ2) is 7.07. The maximum atomic E-state index is 12.4. The van der Waals surface area contributed by atoms with Gasteiger partial charge in [-0.3, -0.25) is 0 Å². The number of hydrogen-bond acceptors (Lipinski definition) is 1. The quantitative estimate of drug-likeness (QED) is 0.633.